The fraction of sp³-hybridized carbons (Fsp3) is 0.417. The van der Waals surface area contributed by atoms with E-state index < -0.39 is 5.82 Å². The molecule has 94 valence electrons. The quantitative estimate of drug-likeness (QED) is 0.771. The molecule has 0 aliphatic rings. The van der Waals surface area contributed by atoms with E-state index in [0.717, 1.165) is 13.0 Å². The Kier molecular flexibility index (Phi) is 5.42. The summed E-state index contributed by atoms with van der Waals surface area (Å²) >= 11 is 0. The average molecular weight is 239 g/mol. The SMILES string of the molecule is CN(C)CCCNC(=O)Nc1ccccc1F. The lowest BCUT2D eigenvalue weighted by Crippen LogP contribution is -2.31. The molecule has 4 nitrogen and oxygen atoms in total. The summed E-state index contributed by atoms with van der Waals surface area (Å²) in [5, 5.41) is 5.13. The number of halogens is 1. The van der Waals surface area contributed by atoms with Gasteiger partial charge in [0.25, 0.3) is 0 Å². The Morgan fingerprint density at radius 2 is 2.06 bits per heavy atom. The van der Waals surface area contributed by atoms with Crippen LogP contribution in [0.1, 0.15) is 6.42 Å². The van der Waals surface area contributed by atoms with Crippen molar-refractivity contribution in [2.75, 3.05) is 32.5 Å². The van der Waals surface area contributed by atoms with E-state index in [0.29, 0.717) is 6.54 Å². The molecule has 0 fully saturated rings. The summed E-state index contributed by atoms with van der Waals surface area (Å²) in [6.07, 6.45) is 0.859. The predicted octanol–water partition coefficient (Wildman–Crippen LogP) is 1.90. The lowest BCUT2D eigenvalue weighted by Gasteiger charge is -2.10. The lowest BCUT2D eigenvalue weighted by atomic mass is 10.3. The zero-order chi connectivity index (χ0) is 12.7. The molecule has 0 heterocycles. The number of hydrogen-bond acceptors (Lipinski definition) is 2. The first kappa shape index (κ1) is 13.4. The van der Waals surface area contributed by atoms with Crippen LogP contribution in [0.25, 0.3) is 0 Å². The van der Waals surface area contributed by atoms with Gasteiger partial charge < -0.3 is 15.5 Å². The second-order valence-electron chi connectivity index (χ2n) is 4.02. The lowest BCUT2D eigenvalue weighted by molar-refractivity contribution is 0.251. The molecular formula is C12H18FN3O. The van der Waals surface area contributed by atoms with E-state index in [2.05, 4.69) is 10.6 Å². The Morgan fingerprint density at radius 3 is 2.71 bits per heavy atom. The third-order valence-corrected chi connectivity index (χ3v) is 2.19. The van der Waals surface area contributed by atoms with Gasteiger partial charge in [-0.1, -0.05) is 12.1 Å². The molecule has 0 saturated heterocycles. The number of urea groups is 1. The van der Waals surface area contributed by atoms with Gasteiger partial charge in [-0.2, -0.15) is 0 Å². The highest BCUT2D eigenvalue weighted by atomic mass is 19.1. The highest BCUT2D eigenvalue weighted by Gasteiger charge is 2.04. The average Bonchev–Trinajstić information content (AvgIpc) is 2.27. The maximum Gasteiger partial charge on any atom is 0.319 e. The molecule has 0 atom stereocenters. The highest BCUT2D eigenvalue weighted by molar-refractivity contribution is 5.89. The number of hydrogen-bond donors (Lipinski definition) is 2. The molecule has 1 aromatic rings. The number of rotatable bonds is 5. The topological polar surface area (TPSA) is 44.4 Å². The normalized spacial score (nSPS) is 10.4. The number of nitrogens with one attached hydrogen (secondary N) is 2. The van der Waals surface area contributed by atoms with Crippen LogP contribution >= 0.6 is 0 Å². The molecule has 0 aromatic heterocycles. The van der Waals surface area contributed by atoms with Crippen LogP contribution < -0.4 is 10.6 Å². The predicted molar refractivity (Wildman–Crippen MR) is 66.6 cm³/mol. The summed E-state index contributed by atoms with van der Waals surface area (Å²) in [6, 6.07) is 5.70. The molecule has 5 heteroatoms. The first-order chi connectivity index (χ1) is 8.09. The van der Waals surface area contributed by atoms with Gasteiger partial charge in [0.1, 0.15) is 5.82 Å². The molecule has 0 unspecified atom stereocenters. The van der Waals surface area contributed by atoms with E-state index in [-0.39, 0.29) is 11.7 Å². The summed E-state index contributed by atoms with van der Waals surface area (Å²) in [7, 11) is 3.94. The minimum absolute atomic E-state index is 0.192. The van der Waals surface area contributed by atoms with Gasteiger partial charge in [0.15, 0.2) is 0 Å². The van der Waals surface area contributed by atoms with Crippen LogP contribution in [0.15, 0.2) is 24.3 Å². The third-order valence-electron chi connectivity index (χ3n) is 2.19. The summed E-state index contributed by atoms with van der Waals surface area (Å²) in [4.78, 5) is 13.4. The first-order valence-electron chi connectivity index (χ1n) is 5.53. The van der Waals surface area contributed by atoms with Crippen molar-refractivity contribution < 1.29 is 9.18 Å². The molecule has 0 radical (unpaired) electrons. The van der Waals surface area contributed by atoms with Crippen LogP contribution in [0.4, 0.5) is 14.9 Å². The van der Waals surface area contributed by atoms with Gasteiger partial charge in [0, 0.05) is 6.54 Å². The Labute approximate surface area is 101 Å². The molecule has 17 heavy (non-hydrogen) atoms. The van der Waals surface area contributed by atoms with Gasteiger partial charge in [-0.15, -0.1) is 0 Å². The van der Waals surface area contributed by atoms with Crippen molar-refractivity contribution in [3.8, 4) is 0 Å². The van der Waals surface area contributed by atoms with E-state index in [1.165, 1.54) is 12.1 Å². The van der Waals surface area contributed by atoms with Crippen molar-refractivity contribution in [1.29, 1.82) is 0 Å². The summed E-state index contributed by atoms with van der Waals surface area (Å²) < 4.78 is 13.2. The van der Waals surface area contributed by atoms with Gasteiger partial charge in [-0.25, -0.2) is 9.18 Å². The minimum atomic E-state index is -0.434. The smallest absolute Gasteiger partial charge is 0.319 e. The van der Waals surface area contributed by atoms with Crippen molar-refractivity contribution in [2.24, 2.45) is 0 Å². The molecule has 1 rings (SSSR count). The Balaban J connectivity index is 2.28. The number of anilines is 1. The van der Waals surface area contributed by atoms with Gasteiger partial charge in [0.2, 0.25) is 0 Å². The molecule has 2 amide bonds. The number of amides is 2. The number of nitrogens with zero attached hydrogens (tertiary/aromatic N) is 1. The maximum absolute atomic E-state index is 13.2. The van der Waals surface area contributed by atoms with E-state index in [4.69, 9.17) is 0 Å². The molecule has 0 bridgehead atoms. The first-order valence-corrected chi connectivity index (χ1v) is 5.53. The van der Waals surface area contributed by atoms with Crippen LogP contribution in [-0.2, 0) is 0 Å². The third kappa shape index (κ3) is 5.31. The van der Waals surface area contributed by atoms with Crippen LogP contribution in [0.3, 0.4) is 0 Å². The van der Waals surface area contributed by atoms with Crippen molar-refractivity contribution in [1.82, 2.24) is 10.2 Å². The van der Waals surface area contributed by atoms with E-state index in [1.54, 1.807) is 12.1 Å². The van der Waals surface area contributed by atoms with Gasteiger partial charge >= 0.3 is 6.03 Å². The zero-order valence-corrected chi connectivity index (χ0v) is 10.2. The number of benzene rings is 1. The van der Waals surface area contributed by atoms with Gasteiger partial charge in [-0.05, 0) is 39.2 Å². The van der Waals surface area contributed by atoms with Crippen molar-refractivity contribution >= 4 is 11.7 Å². The van der Waals surface area contributed by atoms with Crippen molar-refractivity contribution in [3.05, 3.63) is 30.1 Å². The summed E-state index contributed by atoms with van der Waals surface area (Å²) in [5.41, 5.74) is 0.192. The molecule has 0 aliphatic heterocycles. The largest absolute Gasteiger partial charge is 0.338 e. The molecule has 1 aromatic carbocycles. The Hall–Kier alpha value is -1.62. The molecule has 0 aliphatic carbocycles. The highest BCUT2D eigenvalue weighted by Crippen LogP contribution is 2.11. The number of para-hydroxylation sites is 1. The van der Waals surface area contributed by atoms with Crippen LogP contribution in [-0.4, -0.2) is 38.1 Å². The second kappa shape index (κ2) is 6.85. The maximum atomic E-state index is 13.2. The van der Waals surface area contributed by atoms with Crippen LogP contribution in [0, 0.1) is 5.82 Å². The molecule has 0 spiro atoms. The monoisotopic (exact) mass is 239 g/mol. The van der Waals surface area contributed by atoms with Crippen molar-refractivity contribution in [3.63, 3.8) is 0 Å². The Morgan fingerprint density at radius 1 is 1.35 bits per heavy atom. The summed E-state index contributed by atoms with van der Waals surface area (Å²) in [5.74, 6) is -0.434. The van der Waals surface area contributed by atoms with E-state index in [1.807, 2.05) is 19.0 Å². The van der Waals surface area contributed by atoms with Gasteiger partial charge in [0.05, 0.1) is 5.69 Å². The van der Waals surface area contributed by atoms with Crippen molar-refractivity contribution in [2.45, 2.75) is 6.42 Å². The van der Waals surface area contributed by atoms with Gasteiger partial charge in [-0.3, -0.25) is 0 Å². The molecular weight excluding hydrogens is 221 g/mol. The molecule has 2 N–H and O–H groups in total. The zero-order valence-electron chi connectivity index (χ0n) is 10.2. The second-order valence-corrected chi connectivity index (χ2v) is 4.02. The van der Waals surface area contributed by atoms with Crippen LogP contribution in [0.2, 0.25) is 0 Å². The minimum Gasteiger partial charge on any atom is -0.338 e. The van der Waals surface area contributed by atoms with Crippen LogP contribution in [0.5, 0.6) is 0 Å². The standard InChI is InChI=1S/C12H18FN3O/c1-16(2)9-5-8-14-12(17)15-11-7-4-3-6-10(11)13/h3-4,6-7H,5,8-9H2,1-2H3,(H2,14,15,17). The Bertz CT molecular complexity index is 369. The van der Waals surface area contributed by atoms with E-state index in [9.17, 15) is 9.18 Å². The number of carbonyl (C=O) groups is 1. The summed E-state index contributed by atoms with van der Waals surface area (Å²) in [6.45, 7) is 1.47. The molecule has 0 saturated carbocycles. The fourth-order valence-electron chi connectivity index (χ4n) is 1.33. The fourth-order valence-corrected chi connectivity index (χ4v) is 1.33. The number of carbonyl (C=O) groups excluding carboxylic acids is 1. The van der Waals surface area contributed by atoms with E-state index >= 15 is 0 Å².